The molecule has 0 unspecified atom stereocenters. The molecule has 0 spiro atoms. The summed E-state index contributed by atoms with van der Waals surface area (Å²) >= 11 is 8.59. The topological polar surface area (TPSA) is 41.8 Å². The summed E-state index contributed by atoms with van der Waals surface area (Å²) in [5.41, 5.74) is -0.0696. The zero-order chi connectivity index (χ0) is 10.7. The zero-order valence-electron chi connectivity index (χ0n) is 7.09. The van der Waals surface area contributed by atoms with Gasteiger partial charge in [0.25, 0.3) is 0 Å². The molecule has 0 fully saturated rings. The van der Waals surface area contributed by atoms with Crippen molar-refractivity contribution >= 4 is 32.7 Å². The van der Waals surface area contributed by atoms with Crippen LogP contribution in [0.5, 0.6) is 5.75 Å². The molecule has 0 aliphatic heterocycles. The highest BCUT2D eigenvalue weighted by molar-refractivity contribution is 9.10. The van der Waals surface area contributed by atoms with E-state index in [0.717, 1.165) is 0 Å². The van der Waals surface area contributed by atoms with Gasteiger partial charge in [-0.15, -0.1) is 0 Å². The van der Waals surface area contributed by atoms with Crippen LogP contribution in [0.4, 0.5) is 4.39 Å². The standard InChI is InChI=1S/C8H6BrClFNO2/c1-14-6-3-4(9)2-5(11)7(6)8(10)12-13/h2-3,13H,1H3. The summed E-state index contributed by atoms with van der Waals surface area (Å²) in [5, 5.41) is 10.8. The molecule has 0 radical (unpaired) electrons. The van der Waals surface area contributed by atoms with Crippen molar-refractivity contribution in [1.82, 2.24) is 0 Å². The van der Waals surface area contributed by atoms with E-state index in [9.17, 15) is 4.39 Å². The molecule has 0 atom stereocenters. The molecule has 14 heavy (non-hydrogen) atoms. The quantitative estimate of drug-likeness (QED) is 0.515. The molecule has 0 aliphatic carbocycles. The molecular formula is C8H6BrClFNO2. The third kappa shape index (κ3) is 2.16. The van der Waals surface area contributed by atoms with E-state index in [0.29, 0.717) is 4.47 Å². The number of benzene rings is 1. The summed E-state index contributed by atoms with van der Waals surface area (Å²) in [6.07, 6.45) is 0. The SMILES string of the molecule is COc1cc(Br)cc(F)c1C(Cl)=NO. The van der Waals surface area contributed by atoms with Gasteiger partial charge in [0.1, 0.15) is 11.6 Å². The first-order valence-electron chi connectivity index (χ1n) is 3.51. The summed E-state index contributed by atoms with van der Waals surface area (Å²) in [4.78, 5) is 0. The second-order valence-electron chi connectivity index (χ2n) is 2.36. The number of nitrogens with zero attached hydrogens (tertiary/aromatic N) is 1. The van der Waals surface area contributed by atoms with E-state index in [1.54, 1.807) is 0 Å². The molecule has 6 heteroatoms. The van der Waals surface area contributed by atoms with Gasteiger partial charge in [0, 0.05) is 4.47 Å². The Morgan fingerprint density at radius 1 is 1.64 bits per heavy atom. The maximum absolute atomic E-state index is 13.3. The van der Waals surface area contributed by atoms with Gasteiger partial charge in [0.2, 0.25) is 0 Å². The summed E-state index contributed by atoms with van der Waals surface area (Å²) in [6.45, 7) is 0. The van der Waals surface area contributed by atoms with Crippen LogP contribution < -0.4 is 4.74 Å². The van der Waals surface area contributed by atoms with Gasteiger partial charge in [-0.1, -0.05) is 32.7 Å². The summed E-state index contributed by atoms with van der Waals surface area (Å²) in [7, 11) is 1.37. The van der Waals surface area contributed by atoms with Crippen LogP contribution in [0.15, 0.2) is 21.8 Å². The number of hydrogen-bond acceptors (Lipinski definition) is 3. The van der Waals surface area contributed by atoms with Crippen LogP contribution in [0.2, 0.25) is 0 Å². The summed E-state index contributed by atoms with van der Waals surface area (Å²) in [5.74, 6) is -0.432. The Morgan fingerprint density at radius 2 is 2.29 bits per heavy atom. The Bertz CT molecular complexity index is 384. The number of ether oxygens (including phenoxy) is 1. The molecule has 0 aliphatic rings. The van der Waals surface area contributed by atoms with E-state index in [2.05, 4.69) is 21.1 Å². The van der Waals surface area contributed by atoms with Crippen molar-refractivity contribution in [3.8, 4) is 5.75 Å². The molecule has 1 rings (SSSR count). The molecule has 0 bridgehead atoms. The van der Waals surface area contributed by atoms with Crippen molar-refractivity contribution in [2.24, 2.45) is 5.16 Å². The highest BCUT2D eigenvalue weighted by atomic mass is 79.9. The lowest BCUT2D eigenvalue weighted by molar-refractivity contribution is 0.320. The van der Waals surface area contributed by atoms with E-state index in [1.165, 1.54) is 19.2 Å². The smallest absolute Gasteiger partial charge is 0.182 e. The van der Waals surface area contributed by atoms with Crippen LogP contribution in [-0.2, 0) is 0 Å². The lowest BCUT2D eigenvalue weighted by Gasteiger charge is -2.07. The van der Waals surface area contributed by atoms with E-state index in [-0.39, 0.29) is 16.5 Å². The monoisotopic (exact) mass is 281 g/mol. The maximum Gasteiger partial charge on any atom is 0.182 e. The number of hydrogen-bond donors (Lipinski definition) is 1. The van der Waals surface area contributed by atoms with Gasteiger partial charge >= 0.3 is 0 Å². The van der Waals surface area contributed by atoms with Crippen molar-refractivity contribution < 1.29 is 14.3 Å². The van der Waals surface area contributed by atoms with Crippen LogP contribution in [0.1, 0.15) is 5.56 Å². The number of methoxy groups -OCH3 is 1. The fraction of sp³-hybridized carbons (Fsp3) is 0.125. The number of rotatable bonds is 2. The minimum Gasteiger partial charge on any atom is -0.496 e. The van der Waals surface area contributed by atoms with Crippen molar-refractivity contribution in [2.45, 2.75) is 0 Å². The average molecular weight is 282 g/mol. The molecule has 0 amide bonds. The van der Waals surface area contributed by atoms with E-state index in [4.69, 9.17) is 21.5 Å². The second kappa shape index (κ2) is 4.61. The van der Waals surface area contributed by atoms with Crippen LogP contribution in [0.25, 0.3) is 0 Å². The Morgan fingerprint density at radius 3 is 2.79 bits per heavy atom. The largest absolute Gasteiger partial charge is 0.496 e. The first-order chi connectivity index (χ1) is 6.60. The van der Waals surface area contributed by atoms with E-state index >= 15 is 0 Å². The minimum atomic E-state index is -0.626. The third-order valence-electron chi connectivity index (χ3n) is 1.53. The molecule has 1 aromatic rings. The lowest BCUT2D eigenvalue weighted by Crippen LogP contribution is -2.00. The Balaban J connectivity index is 3.40. The molecule has 0 saturated carbocycles. The second-order valence-corrected chi connectivity index (χ2v) is 3.63. The highest BCUT2D eigenvalue weighted by Gasteiger charge is 2.15. The molecule has 1 N–H and O–H groups in total. The van der Waals surface area contributed by atoms with Gasteiger partial charge in [0.15, 0.2) is 5.17 Å². The Labute approximate surface area is 93.3 Å². The molecule has 76 valence electrons. The molecule has 1 aromatic carbocycles. The predicted molar refractivity (Wildman–Crippen MR) is 54.8 cm³/mol. The van der Waals surface area contributed by atoms with Crippen molar-refractivity contribution in [3.63, 3.8) is 0 Å². The first-order valence-corrected chi connectivity index (χ1v) is 4.68. The van der Waals surface area contributed by atoms with Crippen LogP contribution in [-0.4, -0.2) is 17.5 Å². The van der Waals surface area contributed by atoms with Crippen LogP contribution in [0, 0.1) is 5.82 Å². The number of oxime groups is 1. The fourth-order valence-electron chi connectivity index (χ4n) is 0.961. The van der Waals surface area contributed by atoms with Gasteiger partial charge in [-0.2, -0.15) is 0 Å². The normalized spacial score (nSPS) is 11.6. The fourth-order valence-corrected chi connectivity index (χ4v) is 1.55. The van der Waals surface area contributed by atoms with Crippen LogP contribution in [0.3, 0.4) is 0 Å². The van der Waals surface area contributed by atoms with Gasteiger partial charge < -0.3 is 9.94 Å². The van der Waals surface area contributed by atoms with Crippen molar-refractivity contribution in [1.29, 1.82) is 0 Å². The molecule has 0 saturated heterocycles. The van der Waals surface area contributed by atoms with Crippen molar-refractivity contribution in [3.05, 3.63) is 28.0 Å². The average Bonchev–Trinajstić information content (AvgIpc) is 2.15. The van der Waals surface area contributed by atoms with Gasteiger partial charge in [-0.3, -0.25) is 0 Å². The van der Waals surface area contributed by atoms with E-state index in [1.807, 2.05) is 0 Å². The highest BCUT2D eigenvalue weighted by Crippen LogP contribution is 2.28. The van der Waals surface area contributed by atoms with E-state index < -0.39 is 5.82 Å². The third-order valence-corrected chi connectivity index (χ3v) is 2.26. The first kappa shape index (κ1) is 11.3. The molecule has 0 heterocycles. The molecule has 3 nitrogen and oxygen atoms in total. The number of halogens is 3. The predicted octanol–water partition coefficient (Wildman–Crippen LogP) is 2.97. The molecular weight excluding hydrogens is 276 g/mol. The van der Waals surface area contributed by atoms with Gasteiger partial charge in [-0.25, -0.2) is 4.39 Å². The van der Waals surface area contributed by atoms with Crippen LogP contribution >= 0.6 is 27.5 Å². The summed E-state index contributed by atoms with van der Waals surface area (Å²) in [6, 6.07) is 2.72. The van der Waals surface area contributed by atoms with Crippen molar-refractivity contribution in [2.75, 3.05) is 7.11 Å². The Kier molecular flexibility index (Phi) is 3.71. The molecule has 0 aromatic heterocycles. The van der Waals surface area contributed by atoms with Gasteiger partial charge in [-0.05, 0) is 12.1 Å². The maximum atomic E-state index is 13.3. The minimum absolute atomic E-state index is 0.0696. The summed E-state index contributed by atoms with van der Waals surface area (Å²) < 4.78 is 18.7. The lowest BCUT2D eigenvalue weighted by atomic mass is 10.2. The Hall–Kier alpha value is -0.810. The van der Waals surface area contributed by atoms with Gasteiger partial charge in [0.05, 0.1) is 12.7 Å². The zero-order valence-corrected chi connectivity index (χ0v) is 9.43.